The van der Waals surface area contributed by atoms with E-state index in [2.05, 4.69) is 145 Å². The monoisotopic (exact) mass is 848 g/mol. The lowest BCUT2D eigenvalue weighted by Crippen LogP contribution is -2.16. The number of phenolic OH excluding ortho intramolecular Hbond substituents is 2. The molecule has 2 N–H and O–H groups in total. The molecule has 0 radical (unpaired) electrons. The van der Waals surface area contributed by atoms with Gasteiger partial charge >= 0.3 is 0 Å². The van der Waals surface area contributed by atoms with Crippen molar-refractivity contribution in [2.24, 2.45) is 0 Å². The van der Waals surface area contributed by atoms with Gasteiger partial charge in [0.1, 0.15) is 22.7 Å². The van der Waals surface area contributed by atoms with Crippen LogP contribution < -0.4 is 0 Å². The summed E-state index contributed by atoms with van der Waals surface area (Å²) in [5.74, 6) is 0.867. The number of hydrogen-bond donors (Lipinski definition) is 2. The lowest BCUT2D eigenvalue weighted by Gasteiger charge is -2.28. The maximum absolute atomic E-state index is 11.8. The fourth-order valence-electron chi connectivity index (χ4n) is 8.83. The van der Waals surface area contributed by atoms with E-state index in [1.807, 2.05) is 54.6 Å². The second-order valence-corrected chi connectivity index (χ2v) is 21.6. The maximum atomic E-state index is 11.8. The van der Waals surface area contributed by atoms with Gasteiger partial charge in [-0.3, -0.25) is 0 Å². The van der Waals surface area contributed by atoms with Crippen LogP contribution in [-0.2, 0) is 16.2 Å². The van der Waals surface area contributed by atoms with E-state index in [1.165, 1.54) is 33.4 Å². The molecule has 0 atom stereocenters. The first-order chi connectivity index (χ1) is 30.0. The second-order valence-electron chi connectivity index (χ2n) is 21.6. The number of para-hydroxylation sites is 1. The van der Waals surface area contributed by atoms with Crippen LogP contribution in [-0.4, -0.2) is 20.2 Å². The minimum atomic E-state index is -0.0927. The number of furan rings is 1. The summed E-state index contributed by atoms with van der Waals surface area (Å²) in [5, 5.41) is 25.3. The van der Waals surface area contributed by atoms with Gasteiger partial charge in [-0.25, -0.2) is 9.97 Å². The van der Waals surface area contributed by atoms with Crippen LogP contribution in [0, 0.1) is 6.92 Å². The molecule has 0 spiro atoms. The maximum Gasteiger partial charge on any atom is 0.136 e. The van der Waals surface area contributed by atoms with Crippen molar-refractivity contribution in [3.05, 3.63) is 143 Å². The molecule has 328 valence electrons. The third-order valence-electron chi connectivity index (χ3n) is 12.8. The zero-order valence-corrected chi connectivity index (χ0v) is 40.2. The van der Waals surface area contributed by atoms with Crippen LogP contribution in [0.4, 0.5) is 0 Å². The average molecular weight is 849 g/mol. The molecule has 8 aromatic rings. The molecule has 0 aliphatic heterocycles. The van der Waals surface area contributed by atoms with Crippen LogP contribution in [0.3, 0.4) is 0 Å². The Morgan fingerprint density at radius 3 is 1.58 bits per heavy atom. The lowest BCUT2D eigenvalue weighted by atomic mass is 9.77. The normalized spacial score (nSPS) is 12.6. The Kier molecular flexibility index (Phi) is 11.2. The minimum Gasteiger partial charge on any atom is -0.507 e. The summed E-state index contributed by atoms with van der Waals surface area (Å²) in [4.78, 5) is 10.5. The fraction of sp³-hybridized carbons (Fsp3) is 0.322. The Bertz CT molecular complexity index is 3030. The highest BCUT2D eigenvalue weighted by Crippen LogP contribution is 2.45. The van der Waals surface area contributed by atoms with E-state index in [9.17, 15) is 10.2 Å². The number of hydrogen-bond acceptors (Lipinski definition) is 5. The van der Waals surface area contributed by atoms with Crippen molar-refractivity contribution in [2.45, 2.75) is 125 Å². The summed E-state index contributed by atoms with van der Waals surface area (Å²) in [5.41, 5.74) is 16.8. The number of fused-ring (bicyclic) bond motifs is 3. The highest BCUT2D eigenvalue weighted by molar-refractivity contribution is 6.07. The van der Waals surface area contributed by atoms with E-state index in [-0.39, 0.29) is 39.6 Å². The van der Waals surface area contributed by atoms with Crippen LogP contribution in [0.1, 0.15) is 135 Å². The largest absolute Gasteiger partial charge is 0.507 e. The number of aromatic hydroxyl groups is 2. The van der Waals surface area contributed by atoms with Crippen molar-refractivity contribution in [2.75, 3.05) is 0 Å². The number of pyridine rings is 2. The van der Waals surface area contributed by atoms with Gasteiger partial charge in [0.2, 0.25) is 0 Å². The van der Waals surface area contributed by atoms with E-state index in [1.54, 1.807) is 6.07 Å². The van der Waals surface area contributed by atoms with E-state index >= 15 is 0 Å². The summed E-state index contributed by atoms with van der Waals surface area (Å²) in [6, 6.07) is 37.3. The van der Waals surface area contributed by atoms with Crippen LogP contribution in [0.25, 0.3) is 78.1 Å². The molecule has 3 heterocycles. The predicted molar refractivity (Wildman–Crippen MR) is 269 cm³/mol. The van der Waals surface area contributed by atoms with Crippen molar-refractivity contribution >= 4 is 21.9 Å². The van der Waals surface area contributed by atoms with Gasteiger partial charge in [0.05, 0.1) is 22.8 Å². The zero-order chi connectivity index (χ0) is 46.2. The Morgan fingerprint density at radius 1 is 0.453 bits per heavy atom. The standard InChI is InChI=1S/C59H64N2O3/c1-33(2)42-28-40(59(12,13)14)29-43(34(3)4)56(42)44-30-46(52(62)22-35(44)5)48-19-17-20-49(60-48)51-26-37(36-23-38(57(6,7)8)27-39(24-36)58(9,10)11)25-50(61-51)47-32-55-45(31-53(47)63)41-18-15-16-21-54(41)64-55/h15-34,62-63H,1-14H3. The molecule has 0 unspecified atom stereocenters. The first-order valence-corrected chi connectivity index (χ1v) is 22.8. The van der Waals surface area contributed by atoms with Crippen LogP contribution in [0.15, 0.2) is 114 Å². The Balaban J connectivity index is 1.34. The number of nitrogens with zero attached hydrogens (tertiary/aromatic N) is 2. The number of phenols is 2. The van der Waals surface area contributed by atoms with E-state index in [4.69, 9.17) is 14.4 Å². The molecule has 0 bridgehead atoms. The van der Waals surface area contributed by atoms with Gasteiger partial charge in [-0.1, -0.05) is 145 Å². The van der Waals surface area contributed by atoms with Crippen molar-refractivity contribution in [1.29, 1.82) is 0 Å². The lowest BCUT2D eigenvalue weighted by molar-refractivity contribution is 0.476. The molecule has 8 rings (SSSR count). The summed E-state index contributed by atoms with van der Waals surface area (Å²) in [7, 11) is 0. The van der Waals surface area contributed by atoms with E-state index in [0.717, 1.165) is 38.6 Å². The number of benzene rings is 5. The van der Waals surface area contributed by atoms with Gasteiger partial charge in [-0.05, 0) is 145 Å². The third-order valence-corrected chi connectivity index (χ3v) is 12.8. The molecule has 64 heavy (non-hydrogen) atoms. The van der Waals surface area contributed by atoms with Crippen LogP contribution in [0.5, 0.6) is 11.5 Å². The Labute approximate surface area is 380 Å². The third kappa shape index (κ3) is 8.45. The quantitative estimate of drug-likeness (QED) is 0.167. The summed E-state index contributed by atoms with van der Waals surface area (Å²) in [6.45, 7) is 31.5. The van der Waals surface area contributed by atoms with Gasteiger partial charge in [0.25, 0.3) is 0 Å². The zero-order valence-electron chi connectivity index (χ0n) is 40.2. The molecule has 0 aliphatic rings. The Hall–Kier alpha value is -6.20. The van der Waals surface area contributed by atoms with Crippen molar-refractivity contribution in [3.8, 4) is 67.7 Å². The molecule has 0 saturated carbocycles. The predicted octanol–water partition coefficient (Wildman–Crippen LogP) is 16.6. The summed E-state index contributed by atoms with van der Waals surface area (Å²) >= 11 is 0. The van der Waals surface area contributed by atoms with Gasteiger partial charge in [0.15, 0.2) is 0 Å². The fourth-order valence-corrected chi connectivity index (χ4v) is 8.83. The van der Waals surface area contributed by atoms with E-state index < -0.39 is 0 Å². The number of rotatable bonds is 7. The molecule has 0 saturated heterocycles. The molecule has 0 fully saturated rings. The summed E-state index contributed by atoms with van der Waals surface area (Å²) in [6.07, 6.45) is 0. The topological polar surface area (TPSA) is 79.4 Å². The molecular formula is C59H64N2O3. The highest BCUT2D eigenvalue weighted by atomic mass is 16.3. The highest BCUT2D eigenvalue weighted by Gasteiger charge is 2.26. The summed E-state index contributed by atoms with van der Waals surface area (Å²) < 4.78 is 6.32. The van der Waals surface area contributed by atoms with Crippen molar-refractivity contribution in [3.63, 3.8) is 0 Å². The minimum absolute atomic E-state index is 0.000272. The number of aryl methyl sites for hydroxylation is 1. The van der Waals surface area contributed by atoms with Gasteiger partial charge in [-0.2, -0.15) is 0 Å². The molecule has 5 nitrogen and oxygen atoms in total. The van der Waals surface area contributed by atoms with Gasteiger partial charge < -0.3 is 14.6 Å². The SMILES string of the molecule is Cc1cc(O)c(-c2cccc(-c3cc(-c4cc(C(C)(C)C)cc(C(C)(C)C)c4)cc(-c4cc5oc6ccccc6c5cc4O)n3)n2)cc1-c1c(C(C)C)cc(C(C)(C)C)cc1C(C)C. The van der Waals surface area contributed by atoms with Gasteiger partial charge in [-0.15, -0.1) is 0 Å². The van der Waals surface area contributed by atoms with Crippen LogP contribution >= 0.6 is 0 Å². The van der Waals surface area contributed by atoms with E-state index in [0.29, 0.717) is 39.5 Å². The first kappa shape index (κ1) is 44.4. The number of aromatic nitrogens is 2. The van der Waals surface area contributed by atoms with Crippen molar-refractivity contribution < 1.29 is 14.6 Å². The first-order valence-electron chi connectivity index (χ1n) is 22.8. The molecular weight excluding hydrogens is 785 g/mol. The van der Waals surface area contributed by atoms with Gasteiger partial charge in [0, 0.05) is 21.9 Å². The van der Waals surface area contributed by atoms with Crippen LogP contribution in [0.2, 0.25) is 0 Å². The van der Waals surface area contributed by atoms with Crippen molar-refractivity contribution in [1.82, 2.24) is 9.97 Å². The Morgan fingerprint density at radius 2 is 0.969 bits per heavy atom. The molecule has 5 aromatic carbocycles. The molecule has 0 aliphatic carbocycles. The smallest absolute Gasteiger partial charge is 0.136 e. The second kappa shape index (κ2) is 16.1. The molecule has 3 aromatic heterocycles. The molecule has 5 heteroatoms. The average Bonchev–Trinajstić information content (AvgIpc) is 3.59. The molecule has 0 amide bonds.